The Morgan fingerprint density at radius 2 is 2.19 bits per heavy atom. The molecule has 2 aromatic heterocycles. The number of rotatable bonds is 3. The van der Waals surface area contributed by atoms with Gasteiger partial charge in [0, 0.05) is 31.3 Å². The highest BCUT2D eigenvalue weighted by Gasteiger charge is 2.02. The van der Waals surface area contributed by atoms with Gasteiger partial charge in [-0.1, -0.05) is 0 Å². The van der Waals surface area contributed by atoms with Gasteiger partial charge in [0.1, 0.15) is 0 Å². The number of aromatic nitrogens is 3. The van der Waals surface area contributed by atoms with Crippen LogP contribution in [0.15, 0.2) is 40.1 Å². The van der Waals surface area contributed by atoms with Crippen LogP contribution in [0.5, 0.6) is 0 Å². The minimum Gasteiger partial charge on any atom is -0.394 e. The maximum atomic E-state index is 11.4. The molecule has 0 aliphatic heterocycles. The summed E-state index contributed by atoms with van der Waals surface area (Å²) < 4.78 is 4.16. The predicted octanol–water partition coefficient (Wildman–Crippen LogP) is 1.09. The molecule has 0 unspecified atom stereocenters. The summed E-state index contributed by atoms with van der Waals surface area (Å²) in [6.45, 7) is 1.45. The second-order valence-electron chi connectivity index (χ2n) is 3.40. The monoisotopic (exact) mass is 282 g/mol. The topological polar surface area (TPSA) is 65.8 Å². The summed E-state index contributed by atoms with van der Waals surface area (Å²) in [7, 11) is 0. The van der Waals surface area contributed by atoms with E-state index >= 15 is 0 Å². The van der Waals surface area contributed by atoms with E-state index in [1.54, 1.807) is 18.6 Å². The number of anilines is 1. The van der Waals surface area contributed by atoms with E-state index in [1.165, 1.54) is 0 Å². The van der Waals surface area contributed by atoms with Gasteiger partial charge in [-0.15, -0.1) is 0 Å². The molecule has 2 heterocycles. The first-order chi connectivity index (χ1) is 7.66. The number of pyridine rings is 1. The molecule has 2 rings (SSSR count). The van der Waals surface area contributed by atoms with E-state index in [2.05, 4.69) is 21.0 Å². The van der Waals surface area contributed by atoms with Crippen LogP contribution < -0.4 is 11.2 Å². The van der Waals surface area contributed by atoms with Crippen molar-refractivity contribution in [3.8, 4) is 0 Å². The molecule has 0 atom stereocenters. The van der Waals surface area contributed by atoms with E-state index < -0.39 is 0 Å². The van der Waals surface area contributed by atoms with Crippen LogP contribution in [0, 0.1) is 0 Å². The Kier molecular flexibility index (Phi) is 3.09. The summed E-state index contributed by atoms with van der Waals surface area (Å²) in [5.74, 6) is 0. The van der Waals surface area contributed by atoms with Gasteiger partial charge in [-0.2, -0.15) is 5.10 Å². The molecule has 84 valence electrons. The minimum atomic E-state index is -0.171. The highest BCUT2D eigenvalue weighted by molar-refractivity contribution is 9.10. The van der Waals surface area contributed by atoms with Crippen molar-refractivity contribution in [2.75, 3.05) is 5.73 Å². The molecule has 0 aromatic carbocycles. The third kappa shape index (κ3) is 2.33. The summed E-state index contributed by atoms with van der Waals surface area (Å²) in [4.78, 5) is 11.4. The van der Waals surface area contributed by atoms with Crippen LogP contribution in [0.4, 0.5) is 5.69 Å². The number of aryl methyl sites for hydroxylation is 2. The van der Waals surface area contributed by atoms with Gasteiger partial charge < -0.3 is 10.3 Å². The summed E-state index contributed by atoms with van der Waals surface area (Å²) in [5.41, 5.74) is 5.66. The largest absolute Gasteiger partial charge is 0.394 e. The summed E-state index contributed by atoms with van der Waals surface area (Å²) in [6.07, 6.45) is 6.98. The third-order valence-corrected chi connectivity index (χ3v) is 2.77. The molecular weight excluding hydrogens is 272 g/mol. The normalized spacial score (nSPS) is 10.6. The predicted molar refractivity (Wildman–Crippen MR) is 65.0 cm³/mol. The van der Waals surface area contributed by atoms with E-state index in [0.29, 0.717) is 11.0 Å². The standard InChI is InChI=1S/C10H11BrN4O/c11-8-6-14(7-9(12)10(8)16)4-5-15-3-1-2-13-15/h1-3,6-7H,4-5,12H2. The molecule has 16 heavy (non-hydrogen) atoms. The van der Waals surface area contributed by atoms with Crippen molar-refractivity contribution < 1.29 is 0 Å². The van der Waals surface area contributed by atoms with Crippen LogP contribution in [-0.2, 0) is 13.1 Å². The van der Waals surface area contributed by atoms with E-state index in [-0.39, 0.29) is 11.1 Å². The molecule has 0 aliphatic rings. The van der Waals surface area contributed by atoms with Crippen LogP contribution in [0.2, 0.25) is 0 Å². The maximum Gasteiger partial charge on any atom is 0.218 e. The van der Waals surface area contributed by atoms with Crippen LogP contribution in [0.3, 0.4) is 0 Å². The van der Waals surface area contributed by atoms with Gasteiger partial charge in [-0.3, -0.25) is 9.48 Å². The Morgan fingerprint density at radius 3 is 2.81 bits per heavy atom. The summed E-state index contributed by atoms with van der Waals surface area (Å²) >= 11 is 3.18. The highest BCUT2D eigenvalue weighted by Crippen LogP contribution is 2.06. The zero-order valence-electron chi connectivity index (χ0n) is 8.51. The van der Waals surface area contributed by atoms with Gasteiger partial charge >= 0.3 is 0 Å². The maximum absolute atomic E-state index is 11.4. The average molecular weight is 283 g/mol. The number of nitrogens with two attached hydrogens (primary N) is 1. The first-order valence-corrected chi connectivity index (χ1v) is 5.58. The molecule has 0 amide bonds. The Morgan fingerprint density at radius 1 is 1.38 bits per heavy atom. The van der Waals surface area contributed by atoms with Crippen LogP contribution in [0.25, 0.3) is 0 Å². The van der Waals surface area contributed by atoms with Crippen molar-refractivity contribution in [2.24, 2.45) is 0 Å². The van der Waals surface area contributed by atoms with Crippen molar-refractivity contribution in [1.29, 1.82) is 0 Å². The lowest BCUT2D eigenvalue weighted by Crippen LogP contribution is -2.15. The lowest BCUT2D eigenvalue weighted by Gasteiger charge is -2.08. The van der Waals surface area contributed by atoms with Gasteiger partial charge in [0.25, 0.3) is 0 Å². The zero-order valence-corrected chi connectivity index (χ0v) is 10.1. The summed E-state index contributed by atoms with van der Waals surface area (Å²) in [6, 6.07) is 1.87. The van der Waals surface area contributed by atoms with Crippen LogP contribution in [-0.4, -0.2) is 14.3 Å². The fourth-order valence-electron chi connectivity index (χ4n) is 1.40. The Balaban J connectivity index is 2.13. The number of halogens is 1. The molecular formula is C10H11BrN4O. The van der Waals surface area contributed by atoms with Gasteiger partial charge in [-0.05, 0) is 22.0 Å². The molecule has 0 radical (unpaired) electrons. The van der Waals surface area contributed by atoms with Gasteiger partial charge in [0.2, 0.25) is 5.43 Å². The van der Waals surface area contributed by atoms with E-state index in [9.17, 15) is 4.79 Å². The lowest BCUT2D eigenvalue weighted by atomic mass is 10.4. The molecule has 0 bridgehead atoms. The van der Waals surface area contributed by atoms with E-state index in [1.807, 2.05) is 21.5 Å². The number of nitrogen functional groups attached to an aromatic ring is 1. The van der Waals surface area contributed by atoms with Gasteiger partial charge in [0.05, 0.1) is 16.7 Å². The number of nitrogens with zero attached hydrogens (tertiary/aromatic N) is 3. The molecule has 5 nitrogen and oxygen atoms in total. The van der Waals surface area contributed by atoms with Crippen molar-refractivity contribution in [1.82, 2.24) is 14.3 Å². The molecule has 2 aromatic rings. The van der Waals surface area contributed by atoms with Gasteiger partial charge in [0.15, 0.2) is 0 Å². The first-order valence-electron chi connectivity index (χ1n) is 4.79. The van der Waals surface area contributed by atoms with Crippen molar-refractivity contribution in [3.63, 3.8) is 0 Å². The van der Waals surface area contributed by atoms with Crippen molar-refractivity contribution in [3.05, 3.63) is 45.5 Å². The minimum absolute atomic E-state index is 0.171. The highest BCUT2D eigenvalue weighted by atomic mass is 79.9. The molecule has 0 fully saturated rings. The van der Waals surface area contributed by atoms with E-state index in [4.69, 9.17) is 5.73 Å². The molecule has 0 aliphatic carbocycles. The molecule has 6 heteroatoms. The second kappa shape index (κ2) is 4.52. The first kappa shape index (κ1) is 10.9. The smallest absolute Gasteiger partial charge is 0.218 e. The van der Waals surface area contributed by atoms with Crippen molar-refractivity contribution >= 4 is 21.6 Å². The average Bonchev–Trinajstić information content (AvgIpc) is 2.75. The van der Waals surface area contributed by atoms with Crippen LogP contribution >= 0.6 is 15.9 Å². The third-order valence-electron chi connectivity index (χ3n) is 2.21. The fraction of sp³-hybridized carbons (Fsp3) is 0.200. The number of hydrogen-bond donors (Lipinski definition) is 1. The van der Waals surface area contributed by atoms with Crippen molar-refractivity contribution in [2.45, 2.75) is 13.1 Å². The summed E-state index contributed by atoms with van der Waals surface area (Å²) in [5, 5.41) is 4.09. The zero-order chi connectivity index (χ0) is 11.5. The lowest BCUT2D eigenvalue weighted by molar-refractivity contribution is 0.531. The molecule has 0 saturated carbocycles. The second-order valence-corrected chi connectivity index (χ2v) is 4.25. The quantitative estimate of drug-likeness (QED) is 0.917. The van der Waals surface area contributed by atoms with E-state index in [0.717, 1.165) is 6.54 Å². The fourth-order valence-corrected chi connectivity index (χ4v) is 1.89. The van der Waals surface area contributed by atoms with Gasteiger partial charge in [-0.25, -0.2) is 0 Å². The Bertz CT molecular complexity index is 506. The number of hydrogen-bond acceptors (Lipinski definition) is 3. The SMILES string of the molecule is Nc1cn(CCn2cccn2)cc(Br)c1=O. The Hall–Kier alpha value is -1.56. The Labute approximate surface area is 101 Å². The molecule has 0 spiro atoms. The van der Waals surface area contributed by atoms with Crippen LogP contribution in [0.1, 0.15) is 0 Å². The molecule has 0 saturated heterocycles. The molecule has 2 N–H and O–H groups in total.